The molecule has 1 saturated heterocycles. The van der Waals surface area contributed by atoms with E-state index in [4.69, 9.17) is 4.74 Å². The van der Waals surface area contributed by atoms with Gasteiger partial charge in [0, 0.05) is 23.7 Å². The summed E-state index contributed by atoms with van der Waals surface area (Å²) in [6.45, 7) is 0.689. The first kappa shape index (κ1) is 22.0. The number of thiophene rings is 1. The SMILES string of the molecule is O=C(COC(=O)c1cc2c(s1)CCCC2)Nc1ccc(S(=O)(=O)N2CCCCC2)cc1. The molecule has 2 aromatic rings. The van der Waals surface area contributed by atoms with Crippen LogP contribution in [0.15, 0.2) is 35.2 Å². The van der Waals surface area contributed by atoms with Crippen LogP contribution < -0.4 is 5.32 Å². The van der Waals surface area contributed by atoms with Crippen molar-refractivity contribution >= 4 is 38.9 Å². The van der Waals surface area contributed by atoms with Crippen molar-refractivity contribution in [1.29, 1.82) is 0 Å². The van der Waals surface area contributed by atoms with Crippen molar-refractivity contribution in [3.8, 4) is 0 Å². The van der Waals surface area contributed by atoms with E-state index in [2.05, 4.69) is 5.32 Å². The van der Waals surface area contributed by atoms with E-state index in [-0.39, 0.29) is 4.90 Å². The maximum Gasteiger partial charge on any atom is 0.348 e. The third-order valence-corrected chi connectivity index (χ3v) is 8.75. The van der Waals surface area contributed by atoms with Crippen molar-refractivity contribution in [2.75, 3.05) is 25.0 Å². The van der Waals surface area contributed by atoms with E-state index in [0.29, 0.717) is 23.7 Å². The summed E-state index contributed by atoms with van der Waals surface area (Å²) >= 11 is 1.45. The molecular weight excluding hydrogens is 436 g/mol. The molecule has 0 radical (unpaired) electrons. The Labute approximate surface area is 186 Å². The summed E-state index contributed by atoms with van der Waals surface area (Å²) in [4.78, 5) is 26.4. The number of benzene rings is 1. The summed E-state index contributed by atoms with van der Waals surface area (Å²) in [5, 5.41) is 2.63. The molecule has 0 unspecified atom stereocenters. The van der Waals surface area contributed by atoms with Gasteiger partial charge in [0.25, 0.3) is 5.91 Å². The second-order valence-corrected chi connectivity index (χ2v) is 11.0. The Morgan fingerprint density at radius 3 is 2.42 bits per heavy atom. The monoisotopic (exact) mass is 462 g/mol. The van der Waals surface area contributed by atoms with Crippen LogP contribution in [0.3, 0.4) is 0 Å². The molecule has 2 heterocycles. The number of sulfonamides is 1. The standard InChI is InChI=1S/C22H26N2O5S2/c25-21(15-29-22(26)20-14-16-6-2-3-7-19(16)30-20)23-17-8-10-18(11-9-17)31(27,28)24-12-4-1-5-13-24/h8-11,14H,1-7,12-13,15H2,(H,23,25). The van der Waals surface area contributed by atoms with Crippen LogP contribution in [-0.4, -0.2) is 44.3 Å². The van der Waals surface area contributed by atoms with Crippen LogP contribution in [-0.2, 0) is 32.4 Å². The van der Waals surface area contributed by atoms with Gasteiger partial charge in [0.05, 0.1) is 4.90 Å². The van der Waals surface area contributed by atoms with E-state index in [1.54, 1.807) is 12.1 Å². The minimum atomic E-state index is -3.51. The van der Waals surface area contributed by atoms with Gasteiger partial charge in [-0.05, 0) is 74.4 Å². The first-order valence-corrected chi connectivity index (χ1v) is 12.9. The second-order valence-electron chi connectivity index (χ2n) is 7.88. The zero-order chi connectivity index (χ0) is 21.8. The van der Waals surface area contributed by atoms with E-state index >= 15 is 0 Å². The Morgan fingerprint density at radius 2 is 1.71 bits per heavy atom. The fraction of sp³-hybridized carbons (Fsp3) is 0.455. The summed E-state index contributed by atoms with van der Waals surface area (Å²) in [5.74, 6) is -0.959. The maximum absolute atomic E-state index is 12.7. The van der Waals surface area contributed by atoms with Gasteiger partial charge in [-0.1, -0.05) is 6.42 Å². The van der Waals surface area contributed by atoms with Crippen molar-refractivity contribution in [3.63, 3.8) is 0 Å². The lowest BCUT2D eigenvalue weighted by Crippen LogP contribution is -2.35. The summed E-state index contributed by atoms with van der Waals surface area (Å²) < 4.78 is 32.0. The molecule has 0 spiro atoms. The minimum absolute atomic E-state index is 0.209. The number of fused-ring (bicyclic) bond motifs is 1. The summed E-state index contributed by atoms with van der Waals surface area (Å²) in [6.07, 6.45) is 7.07. The molecule has 0 saturated carbocycles. The number of aryl methyl sites for hydroxylation is 2. The van der Waals surface area contributed by atoms with Crippen molar-refractivity contribution in [1.82, 2.24) is 4.31 Å². The topological polar surface area (TPSA) is 92.8 Å². The summed E-state index contributed by atoms with van der Waals surface area (Å²) in [5.41, 5.74) is 1.66. The van der Waals surface area contributed by atoms with E-state index in [0.717, 1.165) is 44.9 Å². The number of amides is 1. The lowest BCUT2D eigenvalue weighted by molar-refractivity contribution is -0.119. The Morgan fingerprint density at radius 1 is 1.00 bits per heavy atom. The predicted molar refractivity (Wildman–Crippen MR) is 119 cm³/mol. The maximum atomic E-state index is 12.7. The number of piperidine rings is 1. The lowest BCUT2D eigenvalue weighted by atomic mass is 9.99. The highest BCUT2D eigenvalue weighted by Crippen LogP contribution is 2.30. The fourth-order valence-electron chi connectivity index (χ4n) is 3.96. The van der Waals surface area contributed by atoms with Crippen LogP contribution in [0.2, 0.25) is 0 Å². The average Bonchev–Trinajstić information content (AvgIpc) is 3.23. The number of carbonyl (C=O) groups excluding carboxylic acids is 2. The molecule has 2 aliphatic rings. The lowest BCUT2D eigenvalue weighted by Gasteiger charge is -2.25. The molecule has 166 valence electrons. The normalized spacial score (nSPS) is 17.0. The summed E-state index contributed by atoms with van der Waals surface area (Å²) in [7, 11) is -3.51. The molecule has 1 aromatic heterocycles. The van der Waals surface area contributed by atoms with Crippen molar-refractivity contribution in [2.45, 2.75) is 49.8 Å². The van der Waals surface area contributed by atoms with Gasteiger partial charge in [0.2, 0.25) is 10.0 Å². The number of hydrogen-bond donors (Lipinski definition) is 1. The van der Waals surface area contributed by atoms with Crippen LogP contribution >= 0.6 is 11.3 Å². The Balaban J connectivity index is 1.30. The van der Waals surface area contributed by atoms with Crippen LogP contribution in [0, 0.1) is 0 Å². The van der Waals surface area contributed by atoms with E-state index in [1.165, 1.54) is 38.2 Å². The number of esters is 1. The largest absolute Gasteiger partial charge is 0.451 e. The van der Waals surface area contributed by atoms with Crippen molar-refractivity contribution in [2.24, 2.45) is 0 Å². The molecule has 9 heteroatoms. The number of nitrogens with one attached hydrogen (secondary N) is 1. The summed E-state index contributed by atoms with van der Waals surface area (Å²) in [6, 6.07) is 7.94. The van der Waals surface area contributed by atoms with Gasteiger partial charge in [-0.15, -0.1) is 11.3 Å². The van der Waals surface area contributed by atoms with E-state index in [9.17, 15) is 18.0 Å². The first-order chi connectivity index (χ1) is 14.9. The van der Waals surface area contributed by atoms with Gasteiger partial charge in [-0.3, -0.25) is 4.79 Å². The zero-order valence-corrected chi connectivity index (χ0v) is 18.9. The molecule has 1 aliphatic carbocycles. The fourth-order valence-corrected chi connectivity index (χ4v) is 6.62. The van der Waals surface area contributed by atoms with Crippen molar-refractivity contribution < 1.29 is 22.7 Å². The van der Waals surface area contributed by atoms with Gasteiger partial charge in [-0.25, -0.2) is 13.2 Å². The van der Waals surface area contributed by atoms with Gasteiger partial charge in [0.15, 0.2) is 6.61 Å². The molecule has 4 rings (SSSR count). The van der Waals surface area contributed by atoms with Gasteiger partial charge in [-0.2, -0.15) is 4.31 Å². The third kappa shape index (κ3) is 5.16. The number of hydrogen-bond acceptors (Lipinski definition) is 6. The smallest absolute Gasteiger partial charge is 0.348 e. The molecule has 1 aromatic carbocycles. The molecule has 31 heavy (non-hydrogen) atoms. The average molecular weight is 463 g/mol. The highest BCUT2D eigenvalue weighted by molar-refractivity contribution is 7.89. The Kier molecular flexibility index (Phi) is 6.74. The third-order valence-electron chi connectivity index (χ3n) is 5.62. The van der Waals surface area contributed by atoms with Crippen LogP contribution in [0.25, 0.3) is 0 Å². The zero-order valence-electron chi connectivity index (χ0n) is 17.3. The molecule has 1 N–H and O–H groups in total. The highest BCUT2D eigenvalue weighted by atomic mass is 32.2. The quantitative estimate of drug-likeness (QED) is 0.662. The molecule has 1 fully saturated rings. The Hall–Kier alpha value is -2.23. The van der Waals surface area contributed by atoms with Crippen LogP contribution in [0.4, 0.5) is 5.69 Å². The molecule has 0 atom stereocenters. The highest BCUT2D eigenvalue weighted by Gasteiger charge is 2.25. The molecular formula is C22H26N2O5S2. The minimum Gasteiger partial charge on any atom is -0.451 e. The number of carbonyl (C=O) groups is 2. The molecule has 7 nitrogen and oxygen atoms in total. The van der Waals surface area contributed by atoms with Gasteiger partial charge < -0.3 is 10.1 Å². The second kappa shape index (κ2) is 9.50. The van der Waals surface area contributed by atoms with E-state index in [1.807, 2.05) is 6.07 Å². The van der Waals surface area contributed by atoms with E-state index < -0.39 is 28.5 Å². The number of rotatable bonds is 6. The van der Waals surface area contributed by atoms with Gasteiger partial charge in [0.1, 0.15) is 4.88 Å². The number of ether oxygens (including phenoxy) is 1. The first-order valence-electron chi connectivity index (χ1n) is 10.6. The number of anilines is 1. The van der Waals surface area contributed by atoms with Crippen molar-refractivity contribution in [3.05, 3.63) is 45.6 Å². The Bertz CT molecular complexity index is 1030. The predicted octanol–water partition coefficient (Wildman–Crippen LogP) is 3.60. The van der Waals surface area contributed by atoms with Gasteiger partial charge >= 0.3 is 5.97 Å². The van der Waals surface area contributed by atoms with Crippen LogP contribution in [0.5, 0.6) is 0 Å². The number of nitrogens with zero attached hydrogens (tertiary/aromatic N) is 1. The molecule has 1 aliphatic heterocycles. The molecule has 0 bridgehead atoms. The molecule has 1 amide bonds. The van der Waals surface area contributed by atoms with Crippen LogP contribution in [0.1, 0.15) is 52.2 Å².